The zero-order valence-corrected chi connectivity index (χ0v) is 19.5. The molecule has 0 saturated heterocycles. The van der Waals surface area contributed by atoms with E-state index < -0.39 is 9.84 Å². The van der Waals surface area contributed by atoms with Crippen LogP contribution in [0.4, 0.5) is 5.69 Å². The summed E-state index contributed by atoms with van der Waals surface area (Å²) in [4.78, 5) is -0.248. The first-order chi connectivity index (χ1) is 14.8. The second-order valence-electron chi connectivity index (χ2n) is 6.89. The molecule has 158 valence electrons. The van der Waals surface area contributed by atoms with E-state index >= 15 is 0 Å². The zero-order chi connectivity index (χ0) is 22.4. The molecule has 3 aromatic rings. The highest BCUT2D eigenvalue weighted by Gasteiger charge is 2.26. The smallest absolute Gasteiger partial charge is 0.219 e. The molecule has 0 amide bonds. The Bertz CT molecular complexity index is 1260. The number of halogens is 1. The van der Waals surface area contributed by atoms with Crippen LogP contribution >= 0.6 is 23.4 Å². The lowest BCUT2D eigenvalue weighted by atomic mass is 10.1. The van der Waals surface area contributed by atoms with E-state index in [1.54, 1.807) is 30.3 Å². The standard InChI is InChI=1S/C24H21ClN2O2S2/c1-17-8-6-7-9-19(17)16-30-24(27-22-14-20(25)13-12-18(22)2)23(15-26)31(28,29)21-10-4-3-5-11-21/h3-14,27H,16H2,1-2H3. The van der Waals surface area contributed by atoms with Gasteiger partial charge in [0, 0.05) is 16.5 Å². The van der Waals surface area contributed by atoms with E-state index in [4.69, 9.17) is 11.6 Å². The molecule has 0 aromatic heterocycles. The Morgan fingerprint density at radius 2 is 1.68 bits per heavy atom. The molecule has 3 rings (SSSR count). The number of benzene rings is 3. The molecule has 7 heteroatoms. The van der Waals surface area contributed by atoms with Gasteiger partial charge in [-0.05, 0) is 54.8 Å². The van der Waals surface area contributed by atoms with Crippen molar-refractivity contribution in [3.8, 4) is 6.07 Å². The number of nitrogens with one attached hydrogen (secondary N) is 1. The van der Waals surface area contributed by atoms with Gasteiger partial charge in [-0.3, -0.25) is 0 Å². The summed E-state index contributed by atoms with van der Waals surface area (Å²) < 4.78 is 26.5. The number of hydrogen-bond donors (Lipinski definition) is 1. The Morgan fingerprint density at radius 3 is 2.35 bits per heavy atom. The molecular weight excluding hydrogens is 448 g/mol. The molecule has 0 atom stereocenters. The van der Waals surface area contributed by atoms with Crippen LogP contribution in [0.2, 0.25) is 5.02 Å². The number of sulfone groups is 1. The Balaban J connectivity index is 2.09. The molecule has 31 heavy (non-hydrogen) atoms. The molecule has 0 unspecified atom stereocenters. The normalized spacial score (nSPS) is 12.1. The number of anilines is 1. The third-order valence-corrected chi connectivity index (χ3v) is 7.85. The fraction of sp³-hybridized carbons (Fsp3) is 0.125. The van der Waals surface area contributed by atoms with Crippen LogP contribution in [0.15, 0.2) is 87.6 Å². The molecule has 0 saturated carbocycles. The van der Waals surface area contributed by atoms with E-state index in [2.05, 4.69) is 5.32 Å². The van der Waals surface area contributed by atoms with Crippen molar-refractivity contribution in [3.05, 3.63) is 104 Å². The van der Waals surface area contributed by atoms with Crippen LogP contribution in [-0.2, 0) is 15.6 Å². The Labute approximate surface area is 192 Å². The Hall–Kier alpha value is -2.72. The summed E-state index contributed by atoms with van der Waals surface area (Å²) in [7, 11) is -4.01. The monoisotopic (exact) mass is 468 g/mol. The molecule has 0 radical (unpaired) electrons. The zero-order valence-electron chi connectivity index (χ0n) is 17.1. The van der Waals surface area contributed by atoms with E-state index in [1.807, 2.05) is 50.2 Å². The lowest BCUT2D eigenvalue weighted by molar-refractivity contribution is 0.603. The van der Waals surface area contributed by atoms with Crippen molar-refractivity contribution in [1.82, 2.24) is 0 Å². The fourth-order valence-electron chi connectivity index (χ4n) is 2.88. The molecule has 0 aliphatic heterocycles. The van der Waals surface area contributed by atoms with Crippen molar-refractivity contribution in [2.45, 2.75) is 24.5 Å². The molecule has 3 aromatic carbocycles. The minimum Gasteiger partial charge on any atom is -0.348 e. The maximum absolute atomic E-state index is 13.3. The number of thioether (sulfide) groups is 1. The number of allylic oxidation sites excluding steroid dienone is 1. The number of nitrogens with zero attached hydrogens (tertiary/aromatic N) is 1. The topological polar surface area (TPSA) is 70.0 Å². The van der Waals surface area contributed by atoms with Crippen molar-refractivity contribution >= 4 is 38.9 Å². The fourth-order valence-corrected chi connectivity index (χ4v) is 5.71. The molecule has 0 aliphatic carbocycles. The molecular formula is C24H21ClN2O2S2. The predicted octanol–water partition coefficient (Wildman–Crippen LogP) is 6.47. The number of rotatable bonds is 7. The summed E-state index contributed by atoms with van der Waals surface area (Å²) >= 11 is 7.42. The van der Waals surface area contributed by atoms with Crippen LogP contribution in [0.25, 0.3) is 0 Å². The third-order valence-electron chi connectivity index (χ3n) is 4.71. The Morgan fingerprint density at radius 1 is 1.00 bits per heavy atom. The summed E-state index contributed by atoms with van der Waals surface area (Å²) in [6.45, 7) is 3.89. The average molecular weight is 469 g/mol. The van der Waals surface area contributed by atoms with E-state index in [-0.39, 0.29) is 14.8 Å². The molecule has 4 nitrogen and oxygen atoms in total. The molecule has 0 heterocycles. The van der Waals surface area contributed by atoms with Gasteiger partial charge in [-0.1, -0.05) is 60.1 Å². The maximum atomic E-state index is 13.3. The highest BCUT2D eigenvalue weighted by atomic mass is 35.5. The van der Waals surface area contributed by atoms with Gasteiger partial charge in [0.05, 0.1) is 4.90 Å². The van der Waals surface area contributed by atoms with Gasteiger partial charge in [0.2, 0.25) is 9.84 Å². The van der Waals surface area contributed by atoms with Crippen LogP contribution in [0.1, 0.15) is 16.7 Å². The van der Waals surface area contributed by atoms with Gasteiger partial charge in [0.25, 0.3) is 0 Å². The van der Waals surface area contributed by atoms with E-state index in [0.29, 0.717) is 16.5 Å². The predicted molar refractivity (Wildman–Crippen MR) is 129 cm³/mol. The molecule has 0 aliphatic rings. The van der Waals surface area contributed by atoms with Crippen molar-refractivity contribution < 1.29 is 8.42 Å². The number of nitriles is 1. The van der Waals surface area contributed by atoms with Crippen molar-refractivity contribution in [2.24, 2.45) is 0 Å². The minimum absolute atomic E-state index is 0.0742. The highest BCUT2D eigenvalue weighted by Crippen LogP contribution is 2.33. The van der Waals surface area contributed by atoms with Crippen LogP contribution in [0, 0.1) is 25.2 Å². The van der Waals surface area contributed by atoms with Crippen LogP contribution in [0.3, 0.4) is 0 Å². The van der Waals surface area contributed by atoms with Gasteiger partial charge in [-0.25, -0.2) is 8.42 Å². The lowest BCUT2D eigenvalue weighted by Gasteiger charge is -2.16. The highest BCUT2D eigenvalue weighted by molar-refractivity contribution is 8.04. The van der Waals surface area contributed by atoms with E-state index in [0.717, 1.165) is 16.7 Å². The van der Waals surface area contributed by atoms with Crippen LogP contribution < -0.4 is 5.32 Å². The molecule has 0 spiro atoms. The van der Waals surface area contributed by atoms with Crippen molar-refractivity contribution in [2.75, 3.05) is 5.32 Å². The quantitative estimate of drug-likeness (QED) is 0.402. The summed E-state index contributed by atoms with van der Waals surface area (Å²) in [6.07, 6.45) is 0. The number of aryl methyl sites for hydroxylation is 2. The largest absolute Gasteiger partial charge is 0.348 e. The van der Waals surface area contributed by atoms with Gasteiger partial charge >= 0.3 is 0 Å². The van der Waals surface area contributed by atoms with E-state index in [1.165, 1.54) is 23.9 Å². The van der Waals surface area contributed by atoms with Gasteiger partial charge in [0.15, 0.2) is 4.91 Å². The van der Waals surface area contributed by atoms with Gasteiger partial charge in [0.1, 0.15) is 11.1 Å². The van der Waals surface area contributed by atoms with Gasteiger partial charge in [-0.2, -0.15) is 5.26 Å². The first kappa shape index (κ1) is 23.0. The van der Waals surface area contributed by atoms with Crippen molar-refractivity contribution in [3.63, 3.8) is 0 Å². The minimum atomic E-state index is -4.01. The van der Waals surface area contributed by atoms with Crippen LogP contribution in [0.5, 0.6) is 0 Å². The van der Waals surface area contributed by atoms with Crippen molar-refractivity contribution in [1.29, 1.82) is 5.26 Å². The molecule has 0 bridgehead atoms. The first-order valence-electron chi connectivity index (χ1n) is 9.48. The maximum Gasteiger partial charge on any atom is 0.219 e. The first-order valence-corrected chi connectivity index (χ1v) is 12.3. The summed E-state index contributed by atoms with van der Waals surface area (Å²) in [5.74, 6) is 0.504. The second kappa shape index (κ2) is 10.1. The third kappa shape index (κ3) is 5.50. The molecule has 0 fully saturated rings. The van der Waals surface area contributed by atoms with Gasteiger partial charge in [-0.15, -0.1) is 11.8 Å². The van der Waals surface area contributed by atoms with Crippen LogP contribution in [-0.4, -0.2) is 8.42 Å². The average Bonchev–Trinajstić information content (AvgIpc) is 2.76. The second-order valence-corrected chi connectivity index (χ2v) is 10.2. The van der Waals surface area contributed by atoms with E-state index in [9.17, 15) is 13.7 Å². The summed E-state index contributed by atoms with van der Waals surface area (Å²) in [5, 5.41) is 13.8. The number of hydrogen-bond acceptors (Lipinski definition) is 5. The summed E-state index contributed by atoms with van der Waals surface area (Å²) in [6, 6.07) is 23.1. The SMILES string of the molecule is Cc1ccccc1CSC(Nc1cc(Cl)ccc1C)=C(C#N)S(=O)(=O)c1ccccc1. The summed E-state index contributed by atoms with van der Waals surface area (Å²) in [5.41, 5.74) is 3.69. The van der Waals surface area contributed by atoms with Gasteiger partial charge < -0.3 is 5.32 Å². The lowest BCUT2D eigenvalue weighted by Crippen LogP contribution is -2.11. The Kier molecular flexibility index (Phi) is 7.45. The molecule has 1 N–H and O–H groups in total.